The van der Waals surface area contributed by atoms with Gasteiger partial charge in [-0.25, -0.2) is 0 Å². The molecule has 0 aliphatic rings. The lowest BCUT2D eigenvalue weighted by atomic mass is 9.93. The normalized spacial score (nSPS) is 11.8. The van der Waals surface area contributed by atoms with E-state index in [2.05, 4.69) is 84.9 Å². The Kier molecular flexibility index (Phi) is 10.1. The van der Waals surface area contributed by atoms with E-state index >= 15 is 0 Å². The Labute approximate surface area is 224 Å². The Morgan fingerprint density at radius 2 is 1.11 bits per heavy atom. The van der Waals surface area contributed by atoms with Gasteiger partial charge in [-0.3, -0.25) is 4.79 Å². The molecule has 184 valence electrons. The average Bonchev–Trinajstić information content (AvgIpc) is 2.94. The van der Waals surface area contributed by atoms with Gasteiger partial charge in [-0.15, -0.1) is 23.5 Å². The van der Waals surface area contributed by atoms with E-state index in [1.807, 2.05) is 71.9 Å². The molecular formula is C32H33NOS2. The highest BCUT2D eigenvalue weighted by Crippen LogP contribution is 2.39. The Morgan fingerprint density at radius 3 is 1.64 bits per heavy atom. The number of thioether (sulfide) groups is 2. The Balaban J connectivity index is 1.49. The number of anilines is 1. The minimum Gasteiger partial charge on any atom is -0.315 e. The number of carbonyl (C=O) groups is 1. The van der Waals surface area contributed by atoms with Gasteiger partial charge in [0.2, 0.25) is 5.91 Å². The summed E-state index contributed by atoms with van der Waals surface area (Å²) in [5.74, 6) is 0.163. The Bertz CT molecular complexity index is 1130. The van der Waals surface area contributed by atoms with Crippen LogP contribution in [-0.4, -0.2) is 17.5 Å². The Hall–Kier alpha value is -2.95. The first-order chi connectivity index (χ1) is 17.7. The molecule has 4 aromatic carbocycles. The van der Waals surface area contributed by atoms with Crippen molar-refractivity contribution in [3.8, 4) is 0 Å². The monoisotopic (exact) mass is 511 g/mol. The van der Waals surface area contributed by atoms with Crippen LogP contribution in [0.2, 0.25) is 0 Å². The molecule has 0 spiro atoms. The molecule has 0 bridgehead atoms. The number of rotatable bonds is 12. The van der Waals surface area contributed by atoms with Gasteiger partial charge in [0.25, 0.3) is 0 Å². The second-order valence-electron chi connectivity index (χ2n) is 8.82. The summed E-state index contributed by atoms with van der Waals surface area (Å²) < 4.78 is 0.323. The predicted molar refractivity (Wildman–Crippen MR) is 156 cm³/mol. The van der Waals surface area contributed by atoms with Crippen LogP contribution in [0.5, 0.6) is 0 Å². The quantitative estimate of drug-likeness (QED) is 0.140. The molecule has 4 aromatic rings. The van der Waals surface area contributed by atoms with Crippen molar-refractivity contribution in [2.45, 2.75) is 40.1 Å². The number of carbonyl (C=O) groups excluding carboxylic acids is 1. The maximum Gasteiger partial charge on any atom is 0.229 e. The fourth-order valence-electron chi connectivity index (χ4n) is 4.21. The molecule has 1 unspecified atom stereocenters. The number of benzene rings is 4. The van der Waals surface area contributed by atoms with Gasteiger partial charge in [0.1, 0.15) is 0 Å². The molecule has 0 aliphatic heterocycles. The summed E-state index contributed by atoms with van der Waals surface area (Å²) in [6, 6.07) is 41.6. The molecule has 1 atom stereocenters. The topological polar surface area (TPSA) is 20.3 Å². The molecule has 2 nitrogen and oxygen atoms in total. The van der Waals surface area contributed by atoms with E-state index in [4.69, 9.17) is 0 Å². The predicted octanol–water partition coefficient (Wildman–Crippen LogP) is 8.59. The van der Waals surface area contributed by atoms with Crippen molar-refractivity contribution in [1.82, 2.24) is 0 Å². The van der Waals surface area contributed by atoms with Crippen LogP contribution in [-0.2, 0) is 11.2 Å². The van der Waals surface area contributed by atoms with Crippen molar-refractivity contribution in [2.75, 3.05) is 11.9 Å². The number of amides is 1. The Morgan fingerprint density at radius 1 is 0.639 bits per heavy atom. The molecule has 4 heteroatoms. The van der Waals surface area contributed by atoms with Gasteiger partial charge < -0.3 is 4.90 Å². The first kappa shape index (κ1) is 26.1. The van der Waals surface area contributed by atoms with Crippen molar-refractivity contribution < 1.29 is 4.79 Å². The fourth-order valence-corrected chi connectivity index (χ4v) is 6.81. The maximum absolute atomic E-state index is 13.7. The van der Waals surface area contributed by atoms with Gasteiger partial charge in [0.15, 0.2) is 0 Å². The molecule has 4 rings (SSSR count). The lowest BCUT2D eigenvalue weighted by Crippen LogP contribution is -2.33. The van der Waals surface area contributed by atoms with Crippen molar-refractivity contribution in [3.63, 3.8) is 0 Å². The first-order valence-electron chi connectivity index (χ1n) is 12.5. The highest BCUT2D eigenvalue weighted by Gasteiger charge is 2.25. The summed E-state index contributed by atoms with van der Waals surface area (Å²) in [5.41, 5.74) is 2.23. The van der Waals surface area contributed by atoms with Gasteiger partial charge in [0, 0.05) is 28.4 Å². The van der Waals surface area contributed by atoms with Gasteiger partial charge >= 0.3 is 0 Å². The molecule has 0 N–H and O–H groups in total. The van der Waals surface area contributed by atoms with E-state index in [-0.39, 0.29) is 11.8 Å². The zero-order chi connectivity index (χ0) is 25.0. The second-order valence-corrected chi connectivity index (χ2v) is 11.7. The molecule has 36 heavy (non-hydrogen) atoms. The second kappa shape index (κ2) is 14.0. The third-order valence-corrected chi connectivity index (χ3v) is 8.88. The van der Waals surface area contributed by atoms with Crippen LogP contribution >= 0.6 is 23.5 Å². The molecule has 1 amide bonds. The van der Waals surface area contributed by atoms with Gasteiger partial charge in [-0.1, -0.05) is 84.9 Å². The fraction of sp³-hybridized carbons (Fsp3) is 0.219. The summed E-state index contributed by atoms with van der Waals surface area (Å²) in [7, 11) is 1.90. The number of hydrogen-bond acceptors (Lipinski definition) is 3. The van der Waals surface area contributed by atoms with Crippen LogP contribution in [0.3, 0.4) is 0 Å². The standard InChI is InChI=1S/C32H33NOS2/c1-33(28-16-8-3-9-17-28)32(34)27(23-22-26-14-6-2-7-15-26)24-25-31(35-29-18-10-4-11-19-29)36-30-20-12-5-13-21-30/h2-21,27,31H,22-25H2,1H3. The van der Waals surface area contributed by atoms with Crippen LogP contribution < -0.4 is 4.90 Å². The lowest BCUT2D eigenvalue weighted by molar-refractivity contribution is -0.122. The van der Waals surface area contributed by atoms with Crippen LogP contribution in [0.15, 0.2) is 131 Å². The smallest absolute Gasteiger partial charge is 0.229 e. The summed E-state index contributed by atoms with van der Waals surface area (Å²) in [6.07, 6.45) is 3.56. The zero-order valence-corrected chi connectivity index (χ0v) is 22.3. The SMILES string of the molecule is CN(C(=O)C(CCc1ccccc1)CCC(Sc1ccccc1)Sc1ccccc1)c1ccccc1. The van der Waals surface area contributed by atoms with Crippen molar-refractivity contribution in [2.24, 2.45) is 5.92 Å². The van der Waals surface area contributed by atoms with Crippen molar-refractivity contribution >= 4 is 35.1 Å². The third-order valence-electron chi connectivity index (χ3n) is 6.22. The number of para-hydroxylation sites is 1. The van der Waals surface area contributed by atoms with E-state index in [0.29, 0.717) is 4.58 Å². The summed E-state index contributed by atoms with van der Waals surface area (Å²) in [6.45, 7) is 0. The highest BCUT2D eigenvalue weighted by atomic mass is 32.2. The zero-order valence-electron chi connectivity index (χ0n) is 20.7. The van der Waals surface area contributed by atoms with E-state index < -0.39 is 0 Å². The average molecular weight is 512 g/mol. The van der Waals surface area contributed by atoms with Crippen LogP contribution in [0.1, 0.15) is 24.8 Å². The summed E-state index contributed by atoms with van der Waals surface area (Å²) >= 11 is 3.79. The third kappa shape index (κ3) is 8.04. The highest BCUT2D eigenvalue weighted by molar-refractivity contribution is 8.17. The molecule has 0 fully saturated rings. The van der Waals surface area contributed by atoms with Crippen molar-refractivity contribution in [1.29, 1.82) is 0 Å². The number of nitrogens with zero attached hydrogens (tertiary/aromatic N) is 1. The number of hydrogen-bond donors (Lipinski definition) is 0. The van der Waals surface area contributed by atoms with Crippen molar-refractivity contribution in [3.05, 3.63) is 127 Å². The van der Waals surface area contributed by atoms with Gasteiger partial charge in [-0.2, -0.15) is 0 Å². The largest absolute Gasteiger partial charge is 0.315 e. The van der Waals surface area contributed by atoms with E-state index in [9.17, 15) is 4.79 Å². The van der Waals surface area contributed by atoms with Crippen LogP contribution in [0.25, 0.3) is 0 Å². The summed E-state index contributed by atoms with van der Waals surface area (Å²) in [5, 5.41) is 0. The summed E-state index contributed by atoms with van der Waals surface area (Å²) in [4.78, 5) is 18.1. The maximum atomic E-state index is 13.7. The van der Waals surface area contributed by atoms with Crippen LogP contribution in [0.4, 0.5) is 5.69 Å². The number of aryl methyl sites for hydroxylation is 1. The lowest BCUT2D eigenvalue weighted by Gasteiger charge is -2.26. The molecule has 0 aromatic heterocycles. The van der Waals surface area contributed by atoms with Crippen LogP contribution in [0, 0.1) is 5.92 Å². The molecular weight excluding hydrogens is 478 g/mol. The molecule has 0 radical (unpaired) electrons. The minimum absolute atomic E-state index is 0.0364. The minimum atomic E-state index is -0.0364. The van der Waals surface area contributed by atoms with E-state index in [0.717, 1.165) is 31.4 Å². The molecule has 0 heterocycles. The van der Waals surface area contributed by atoms with Gasteiger partial charge in [0.05, 0.1) is 4.58 Å². The molecule has 0 saturated heterocycles. The van der Waals surface area contributed by atoms with Gasteiger partial charge in [-0.05, 0) is 67.6 Å². The van der Waals surface area contributed by atoms with E-state index in [1.54, 1.807) is 0 Å². The van der Waals surface area contributed by atoms with E-state index in [1.165, 1.54) is 15.4 Å². The first-order valence-corrected chi connectivity index (χ1v) is 14.2. The molecule has 0 saturated carbocycles. The molecule has 0 aliphatic carbocycles.